The van der Waals surface area contributed by atoms with E-state index >= 15 is 0 Å². The highest BCUT2D eigenvalue weighted by molar-refractivity contribution is 7.16. The summed E-state index contributed by atoms with van der Waals surface area (Å²) in [6.45, 7) is -0.357. The van der Waals surface area contributed by atoms with Gasteiger partial charge in [0.05, 0.1) is 18.2 Å². The predicted molar refractivity (Wildman–Crippen MR) is 87.7 cm³/mol. The van der Waals surface area contributed by atoms with Gasteiger partial charge in [0.1, 0.15) is 16.8 Å². The number of esters is 1. The lowest BCUT2D eigenvalue weighted by Crippen LogP contribution is -2.21. The van der Waals surface area contributed by atoms with E-state index in [1.807, 2.05) is 0 Å². The Morgan fingerprint density at radius 2 is 2.29 bits per heavy atom. The summed E-state index contributed by atoms with van der Waals surface area (Å²) in [6.07, 6.45) is 5.01. The van der Waals surface area contributed by atoms with Crippen LogP contribution in [0.15, 0.2) is 22.8 Å². The van der Waals surface area contributed by atoms with Crippen LogP contribution >= 0.6 is 11.3 Å². The minimum atomic E-state index is -0.462. The Morgan fingerprint density at radius 1 is 1.42 bits per heavy atom. The summed E-state index contributed by atoms with van der Waals surface area (Å²) in [5.74, 6) is -0.198. The summed E-state index contributed by atoms with van der Waals surface area (Å²) in [7, 11) is 0. The molecule has 0 spiro atoms. The summed E-state index contributed by atoms with van der Waals surface area (Å²) in [6, 6.07) is 5.69. The molecule has 2 heterocycles. The van der Waals surface area contributed by atoms with E-state index in [1.165, 1.54) is 11.3 Å². The van der Waals surface area contributed by atoms with Gasteiger partial charge < -0.3 is 14.5 Å². The topological polar surface area (TPSA) is 92.3 Å². The highest BCUT2D eigenvalue weighted by Crippen LogP contribution is 2.38. The standard InChI is InChI=1S/C17H16N2O4S/c18-9-13-12-4-1-5-14(12)24-17(13)19-15(20)10-23-16(21)7-6-11-3-2-8-22-11/h2-3,8H,1,4-7,10H2,(H,19,20). The number of anilines is 1. The molecule has 1 N–H and O–H groups in total. The van der Waals surface area contributed by atoms with Crippen LogP contribution in [0.25, 0.3) is 0 Å². The van der Waals surface area contributed by atoms with Crippen molar-refractivity contribution in [2.45, 2.75) is 32.1 Å². The molecule has 1 aliphatic rings. The average molecular weight is 344 g/mol. The minimum absolute atomic E-state index is 0.150. The molecule has 0 aromatic carbocycles. The molecular weight excluding hydrogens is 328 g/mol. The zero-order valence-electron chi connectivity index (χ0n) is 13.0. The van der Waals surface area contributed by atoms with Crippen LogP contribution in [0, 0.1) is 11.3 Å². The van der Waals surface area contributed by atoms with Gasteiger partial charge in [0.15, 0.2) is 6.61 Å². The van der Waals surface area contributed by atoms with E-state index in [4.69, 9.17) is 9.15 Å². The molecule has 0 unspecified atom stereocenters. The third-order valence-electron chi connectivity index (χ3n) is 3.81. The summed E-state index contributed by atoms with van der Waals surface area (Å²) >= 11 is 1.44. The molecule has 0 atom stereocenters. The number of hydrogen-bond acceptors (Lipinski definition) is 6. The highest BCUT2D eigenvalue weighted by Gasteiger charge is 2.23. The van der Waals surface area contributed by atoms with E-state index in [0.29, 0.717) is 22.7 Å². The molecule has 0 fully saturated rings. The lowest BCUT2D eigenvalue weighted by atomic mass is 10.1. The first-order valence-corrected chi connectivity index (χ1v) is 8.51. The zero-order valence-corrected chi connectivity index (χ0v) is 13.8. The van der Waals surface area contributed by atoms with E-state index in [0.717, 1.165) is 29.7 Å². The molecule has 0 aliphatic heterocycles. The maximum atomic E-state index is 11.9. The number of ether oxygens (including phenoxy) is 1. The predicted octanol–water partition coefficient (Wildman–Crippen LogP) is 2.82. The number of nitrogens with zero attached hydrogens (tertiary/aromatic N) is 1. The second-order valence-electron chi connectivity index (χ2n) is 5.46. The molecule has 0 radical (unpaired) electrons. The fourth-order valence-electron chi connectivity index (χ4n) is 2.67. The van der Waals surface area contributed by atoms with Crippen molar-refractivity contribution in [1.82, 2.24) is 0 Å². The van der Waals surface area contributed by atoms with Crippen molar-refractivity contribution in [1.29, 1.82) is 5.26 Å². The first kappa shape index (κ1) is 16.3. The number of carbonyl (C=O) groups excluding carboxylic acids is 2. The molecule has 6 nitrogen and oxygen atoms in total. The monoisotopic (exact) mass is 344 g/mol. The van der Waals surface area contributed by atoms with Crippen molar-refractivity contribution >= 4 is 28.2 Å². The van der Waals surface area contributed by atoms with Crippen LogP contribution in [0.2, 0.25) is 0 Å². The number of hydrogen-bond donors (Lipinski definition) is 1. The Morgan fingerprint density at radius 3 is 3.04 bits per heavy atom. The quantitative estimate of drug-likeness (QED) is 0.814. The summed E-state index contributed by atoms with van der Waals surface area (Å²) in [5, 5.41) is 12.5. The Balaban J connectivity index is 1.48. The Kier molecular flexibility index (Phi) is 4.96. The van der Waals surface area contributed by atoms with Gasteiger partial charge in [0.25, 0.3) is 5.91 Å². The maximum absolute atomic E-state index is 11.9. The number of carbonyl (C=O) groups is 2. The minimum Gasteiger partial charge on any atom is -0.469 e. The van der Waals surface area contributed by atoms with Crippen LogP contribution in [-0.4, -0.2) is 18.5 Å². The molecule has 2 aromatic rings. The first-order valence-electron chi connectivity index (χ1n) is 7.70. The van der Waals surface area contributed by atoms with Gasteiger partial charge in [-0.3, -0.25) is 9.59 Å². The summed E-state index contributed by atoms with van der Waals surface area (Å²) in [4.78, 5) is 24.7. The molecule has 24 heavy (non-hydrogen) atoms. The second kappa shape index (κ2) is 7.32. The molecule has 2 aromatic heterocycles. The van der Waals surface area contributed by atoms with Crippen LogP contribution in [0.3, 0.4) is 0 Å². The molecule has 7 heteroatoms. The van der Waals surface area contributed by atoms with Crippen LogP contribution < -0.4 is 5.32 Å². The van der Waals surface area contributed by atoms with Gasteiger partial charge in [0.2, 0.25) is 0 Å². The van der Waals surface area contributed by atoms with Gasteiger partial charge in [0, 0.05) is 11.3 Å². The van der Waals surface area contributed by atoms with E-state index in [-0.39, 0.29) is 13.0 Å². The Bertz CT molecular complexity index is 786. The molecule has 0 saturated heterocycles. The van der Waals surface area contributed by atoms with Gasteiger partial charge >= 0.3 is 5.97 Å². The van der Waals surface area contributed by atoms with Crippen molar-refractivity contribution in [3.63, 3.8) is 0 Å². The number of furan rings is 1. The highest BCUT2D eigenvalue weighted by atomic mass is 32.1. The lowest BCUT2D eigenvalue weighted by molar-refractivity contribution is -0.147. The molecule has 124 valence electrons. The van der Waals surface area contributed by atoms with Gasteiger partial charge in [-0.1, -0.05) is 0 Å². The summed E-state index contributed by atoms with van der Waals surface area (Å²) < 4.78 is 10.1. The molecule has 1 aliphatic carbocycles. The first-order chi connectivity index (χ1) is 11.7. The molecule has 3 rings (SSSR count). The molecule has 0 bridgehead atoms. The fraction of sp³-hybridized carbons (Fsp3) is 0.353. The van der Waals surface area contributed by atoms with Gasteiger partial charge in [-0.25, -0.2) is 0 Å². The number of nitriles is 1. The third-order valence-corrected chi connectivity index (χ3v) is 5.01. The second-order valence-corrected chi connectivity index (χ2v) is 6.57. The molecule has 0 saturated carbocycles. The Labute approximate surface area is 143 Å². The van der Waals surface area contributed by atoms with Crippen LogP contribution in [-0.2, 0) is 33.6 Å². The van der Waals surface area contributed by atoms with Crippen molar-refractivity contribution in [3.05, 3.63) is 40.2 Å². The van der Waals surface area contributed by atoms with Crippen LogP contribution in [0.4, 0.5) is 5.00 Å². The third kappa shape index (κ3) is 3.66. The van der Waals surface area contributed by atoms with E-state index < -0.39 is 11.9 Å². The fourth-order valence-corrected chi connectivity index (χ4v) is 3.93. The van der Waals surface area contributed by atoms with Gasteiger partial charge in [-0.2, -0.15) is 5.26 Å². The van der Waals surface area contributed by atoms with Crippen molar-refractivity contribution in [3.8, 4) is 6.07 Å². The summed E-state index contributed by atoms with van der Waals surface area (Å²) in [5.41, 5.74) is 1.60. The van der Waals surface area contributed by atoms with Crippen molar-refractivity contribution < 1.29 is 18.7 Å². The number of nitrogens with one attached hydrogen (secondary N) is 1. The molecular formula is C17H16N2O4S. The zero-order chi connectivity index (χ0) is 16.9. The average Bonchev–Trinajstić information content (AvgIpc) is 3.28. The SMILES string of the molecule is N#Cc1c(NC(=O)COC(=O)CCc2ccco2)sc2c1CCC2. The van der Waals surface area contributed by atoms with Crippen LogP contribution in [0.5, 0.6) is 0 Å². The number of amides is 1. The van der Waals surface area contributed by atoms with Gasteiger partial charge in [-0.15, -0.1) is 11.3 Å². The van der Waals surface area contributed by atoms with Crippen molar-refractivity contribution in [2.75, 3.05) is 11.9 Å². The van der Waals surface area contributed by atoms with Crippen molar-refractivity contribution in [2.24, 2.45) is 0 Å². The number of rotatable bonds is 6. The van der Waals surface area contributed by atoms with E-state index in [1.54, 1.807) is 18.4 Å². The number of aryl methyl sites for hydroxylation is 2. The number of thiophene rings is 1. The smallest absolute Gasteiger partial charge is 0.306 e. The van der Waals surface area contributed by atoms with Crippen LogP contribution in [0.1, 0.15) is 34.6 Å². The normalized spacial score (nSPS) is 12.5. The Hall–Kier alpha value is -2.59. The lowest BCUT2D eigenvalue weighted by Gasteiger charge is -2.05. The van der Waals surface area contributed by atoms with E-state index in [2.05, 4.69) is 11.4 Å². The van der Waals surface area contributed by atoms with Gasteiger partial charge in [-0.05, 0) is 37.0 Å². The maximum Gasteiger partial charge on any atom is 0.306 e. The molecule has 1 amide bonds. The largest absolute Gasteiger partial charge is 0.469 e. The number of fused-ring (bicyclic) bond motifs is 1. The van der Waals surface area contributed by atoms with E-state index in [9.17, 15) is 14.9 Å².